The summed E-state index contributed by atoms with van der Waals surface area (Å²) in [6, 6.07) is 7.99. The van der Waals surface area contributed by atoms with Crippen molar-refractivity contribution in [2.45, 2.75) is 57.9 Å². The van der Waals surface area contributed by atoms with Crippen molar-refractivity contribution in [3.63, 3.8) is 0 Å². The molecule has 1 saturated carbocycles. The fourth-order valence-corrected chi connectivity index (χ4v) is 5.38. The van der Waals surface area contributed by atoms with E-state index in [2.05, 4.69) is 11.4 Å². The minimum atomic E-state index is -3.34. The molecule has 5 nitrogen and oxygen atoms in total. The van der Waals surface area contributed by atoms with Crippen LogP contribution >= 0.6 is 0 Å². The molecular formula is C20H30N2O3S. The first-order valence-electron chi connectivity index (χ1n) is 9.86. The van der Waals surface area contributed by atoms with Crippen LogP contribution < -0.4 is 5.32 Å². The second-order valence-electron chi connectivity index (χ2n) is 7.56. The number of benzene rings is 1. The van der Waals surface area contributed by atoms with Gasteiger partial charge >= 0.3 is 0 Å². The Morgan fingerprint density at radius 3 is 2.62 bits per heavy atom. The molecule has 144 valence electrons. The zero-order chi connectivity index (χ0) is 18.4. The minimum absolute atomic E-state index is 0.0187. The Hall–Kier alpha value is -1.40. The zero-order valence-corrected chi connectivity index (χ0v) is 16.3. The smallest absolute Gasteiger partial charge is 0.220 e. The van der Waals surface area contributed by atoms with Gasteiger partial charge in [-0.2, -0.15) is 4.31 Å². The van der Waals surface area contributed by atoms with Crippen LogP contribution in [-0.2, 0) is 27.8 Å². The van der Waals surface area contributed by atoms with E-state index in [-0.39, 0.29) is 18.2 Å². The lowest BCUT2D eigenvalue weighted by Gasteiger charge is -2.28. The highest BCUT2D eigenvalue weighted by Gasteiger charge is 2.26. The van der Waals surface area contributed by atoms with Gasteiger partial charge in [-0.3, -0.25) is 4.79 Å². The lowest BCUT2D eigenvalue weighted by atomic mass is 9.86. The summed E-state index contributed by atoms with van der Waals surface area (Å²) in [6.45, 7) is 1.16. The predicted molar refractivity (Wildman–Crippen MR) is 103 cm³/mol. The molecule has 1 aliphatic carbocycles. The van der Waals surface area contributed by atoms with Crippen molar-refractivity contribution in [2.75, 3.05) is 18.8 Å². The molecule has 3 rings (SSSR count). The summed E-state index contributed by atoms with van der Waals surface area (Å²) in [6.07, 6.45) is 8.55. The Bertz CT molecular complexity index is 712. The van der Waals surface area contributed by atoms with Gasteiger partial charge in [0.1, 0.15) is 0 Å². The topological polar surface area (TPSA) is 66.5 Å². The maximum Gasteiger partial charge on any atom is 0.220 e. The second kappa shape index (κ2) is 9.00. The molecule has 26 heavy (non-hydrogen) atoms. The van der Waals surface area contributed by atoms with E-state index in [0.29, 0.717) is 25.4 Å². The number of rotatable bonds is 7. The van der Waals surface area contributed by atoms with Crippen LogP contribution in [0.25, 0.3) is 0 Å². The van der Waals surface area contributed by atoms with Gasteiger partial charge in [0, 0.05) is 26.1 Å². The standard InChI is InChI=1S/C20H30N2O3S/c23-20(11-10-17-6-2-1-3-7-17)21-13-15-26(24,25)22-14-12-18-8-4-5-9-19(18)16-22/h4-5,8-9,17H,1-3,6-7,10-16H2,(H,21,23). The van der Waals surface area contributed by atoms with Crippen LogP contribution in [0.5, 0.6) is 0 Å². The molecule has 1 aromatic carbocycles. The van der Waals surface area contributed by atoms with Gasteiger partial charge in [0.2, 0.25) is 15.9 Å². The molecule has 1 fully saturated rings. The number of nitrogens with one attached hydrogen (secondary N) is 1. The molecule has 2 aliphatic rings. The highest BCUT2D eigenvalue weighted by Crippen LogP contribution is 2.27. The van der Waals surface area contributed by atoms with Crippen LogP contribution in [0.15, 0.2) is 24.3 Å². The van der Waals surface area contributed by atoms with Crippen molar-refractivity contribution in [1.29, 1.82) is 0 Å². The predicted octanol–water partition coefficient (Wildman–Crippen LogP) is 2.85. The molecular weight excluding hydrogens is 348 g/mol. The van der Waals surface area contributed by atoms with E-state index in [1.165, 1.54) is 37.7 Å². The number of nitrogens with zero attached hydrogens (tertiary/aromatic N) is 1. The molecule has 0 unspecified atom stereocenters. The molecule has 1 amide bonds. The molecule has 0 aromatic heterocycles. The van der Waals surface area contributed by atoms with Gasteiger partial charge in [-0.05, 0) is 29.9 Å². The maximum absolute atomic E-state index is 12.6. The molecule has 0 bridgehead atoms. The number of carbonyl (C=O) groups is 1. The fourth-order valence-electron chi connectivity index (χ4n) is 4.06. The van der Waals surface area contributed by atoms with Crippen molar-refractivity contribution >= 4 is 15.9 Å². The molecule has 0 spiro atoms. The fraction of sp³-hybridized carbons (Fsp3) is 0.650. The number of fused-ring (bicyclic) bond motifs is 1. The summed E-state index contributed by atoms with van der Waals surface area (Å²) in [5, 5.41) is 2.79. The van der Waals surface area contributed by atoms with Gasteiger partial charge in [0.05, 0.1) is 5.75 Å². The van der Waals surface area contributed by atoms with Crippen LogP contribution in [0, 0.1) is 5.92 Å². The Balaban J connectivity index is 1.40. The first kappa shape index (κ1) is 19.4. The van der Waals surface area contributed by atoms with E-state index in [1.807, 2.05) is 18.2 Å². The molecule has 1 N–H and O–H groups in total. The van der Waals surface area contributed by atoms with Gasteiger partial charge in [-0.15, -0.1) is 0 Å². The Morgan fingerprint density at radius 1 is 1.12 bits per heavy atom. The van der Waals surface area contributed by atoms with E-state index in [1.54, 1.807) is 4.31 Å². The lowest BCUT2D eigenvalue weighted by molar-refractivity contribution is -0.121. The summed E-state index contributed by atoms with van der Waals surface area (Å²) >= 11 is 0. The summed E-state index contributed by atoms with van der Waals surface area (Å²) < 4.78 is 26.7. The first-order chi connectivity index (χ1) is 12.5. The molecule has 1 aliphatic heterocycles. The van der Waals surface area contributed by atoms with Gasteiger partial charge in [0.25, 0.3) is 0 Å². The van der Waals surface area contributed by atoms with E-state index < -0.39 is 10.0 Å². The van der Waals surface area contributed by atoms with Crippen molar-refractivity contribution in [1.82, 2.24) is 9.62 Å². The van der Waals surface area contributed by atoms with Crippen LogP contribution in [0.4, 0.5) is 0 Å². The quantitative estimate of drug-likeness (QED) is 0.793. The number of hydrogen-bond donors (Lipinski definition) is 1. The van der Waals surface area contributed by atoms with Crippen LogP contribution in [0.1, 0.15) is 56.1 Å². The first-order valence-corrected chi connectivity index (χ1v) is 11.5. The van der Waals surface area contributed by atoms with Gasteiger partial charge < -0.3 is 5.32 Å². The van der Waals surface area contributed by atoms with Crippen LogP contribution in [-0.4, -0.2) is 37.5 Å². The Kier molecular flexibility index (Phi) is 6.70. The van der Waals surface area contributed by atoms with E-state index >= 15 is 0 Å². The van der Waals surface area contributed by atoms with Crippen LogP contribution in [0.2, 0.25) is 0 Å². The average Bonchev–Trinajstić information content (AvgIpc) is 2.66. The summed E-state index contributed by atoms with van der Waals surface area (Å²) in [7, 11) is -3.34. The molecule has 0 atom stereocenters. The SMILES string of the molecule is O=C(CCC1CCCCC1)NCCS(=O)(=O)N1CCc2ccccc2C1. The Labute approximate surface area is 157 Å². The average molecular weight is 379 g/mol. The number of carbonyl (C=O) groups excluding carboxylic acids is 1. The van der Waals surface area contributed by atoms with Crippen molar-refractivity contribution < 1.29 is 13.2 Å². The monoisotopic (exact) mass is 378 g/mol. The summed E-state index contributed by atoms with van der Waals surface area (Å²) in [5.74, 6) is 0.631. The molecule has 6 heteroatoms. The van der Waals surface area contributed by atoms with Crippen molar-refractivity contribution in [3.05, 3.63) is 35.4 Å². The number of hydrogen-bond acceptors (Lipinski definition) is 3. The second-order valence-corrected chi connectivity index (χ2v) is 9.65. The molecule has 1 heterocycles. The van der Waals surface area contributed by atoms with Crippen LogP contribution in [0.3, 0.4) is 0 Å². The number of sulfonamides is 1. The minimum Gasteiger partial charge on any atom is -0.355 e. The van der Waals surface area contributed by atoms with E-state index in [0.717, 1.165) is 18.4 Å². The van der Waals surface area contributed by atoms with Gasteiger partial charge in [-0.25, -0.2) is 8.42 Å². The van der Waals surface area contributed by atoms with Gasteiger partial charge in [0.15, 0.2) is 0 Å². The van der Waals surface area contributed by atoms with E-state index in [9.17, 15) is 13.2 Å². The Morgan fingerprint density at radius 2 is 1.85 bits per heavy atom. The summed E-state index contributed by atoms with van der Waals surface area (Å²) in [5.41, 5.74) is 2.31. The van der Waals surface area contributed by atoms with E-state index in [4.69, 9.17) is 0 Å². The molecule has 0 radical (unpaired) electrons. The normalized spacial score (nSPS) is 19.1. The third-order valence-electron chi connectivity index (χ3n) is 5.68. The summed E-state index contributed by atoms with van der Waals surface area (Å²) in [4.78, 5) is 12.0. The largest absolute Gasteiger partial charge is 0.355 e. The van der Waals surface area contributed by atoms with Crippen molar-refractivity contribution in [3.8, 4) is 0 Å². The highest BCUT2D eigenvalue weighted by molar-refractivity contribution is 7.89. The maximum atomic E-state index is 12.6. The molecule has 0 saturated heterocycles. The van der Waals surface area contributed by atoms with Gasteiger partial charge in [-0.1, -0.05) is 56.4 Å². The van der Waals surface area contributed by atoms with Crippen molar-refractivity contribution in [2.24, 2.45) is 5.92 Å². The number of amides is 1. The third-order valence-corrected chi connectivity index (χ3v) is 7.49. The molecule has 1 aromatic rings. The zero-order valence-electron chi connectivity index (χ0n) is 15.5. The lowest BCUT2D eigenvalue weighted by Crippen LogP contribution is -2.40. The highest BCUT2D eigenvalue weighted by atomic mass is 32.2. The third kappa shape index (κ3) is 5.30.